The van der Waals surface area contributed by atoms with Crippen molar-refractivity contribution in [2.24, 2.45) is 0 Å². The van der Waals surface area contributed by atoms with Crippen molar-refractivity contribution < 1.29 is 69.1 Å². The lowest BCUT2D eigenvalue weighted by atomic mass is 10.1. The summed E-state index contributed by atoms with van der Waals surface area (Å²) in [4.78, 5) is 0. The predicted octanol–water partition coefficient (Wildman–Crippen LogP) is 45.6. The molecule has 0 aliphatic rings. The van der Waals surface area contributed by atoms with Gasteiger partial charge in [0.2, 0.25) is 0 Å². The summed E-state index contributed by atoms with van der Waals surface area (Å²) in [6.07, 6.45) is 132. The van der Waals surface area contributed by atoms with Crippen molar-refractivity contribution in [2.45, 2.75) is 573 Å². The Balaban J connectivity index is -0.000000232. The van der Waals surface area contributed by atoms with Crippen molar-refractivity contribution in [3.63, 3.8) is 0 Å². The molecule has 24 heteroatoms. The van der Waals surface area contributed by atoms with Crippen LogP contribution in [0.3, 0.4) is 0 Å². The third-order valence-electron chi connectivity index (χ3n) is 25.8. The van der Waals surface area contributed by atoms with Crippen LogP contribution in [0.5, 0.6) is 0 Å². The van der Waals surface area contributed by atoms with Crippen molar-refractivity contribution in [1.29, 1.82) is 0 Å². The Morgan fingerprint density at radius 1 is 0.0938 bits per heavy atom. The van der Waals surface area contributed by atoms with Gasteiger partial charge in [-0.2, -0.15) is 0 Å². The van der Waals surface area contributed by atoms with Gasteiger partial charge in [-0.05, 0) is 128 Å². The summed E-state index contributed by atoms with van der Waals surface area (Å²) < 4.78 is 156. The summed E-state index contributed by atoms with van der Waals surface area (Å²) in [6, 6.07) is 0. The van der Waals surface area contributed by atoms with Crippen LogP contribution in [0.2, 0.25) is 0 Å². The zero-order valence-corrected chi connectivity index (χ0v) is 91.9. The van der Waals surface area contributed by atoms with E-state index >= 15 is 0 Å². The van der Waals surface area contributed by atoms with Gasteiger partial charge in [0.05, 0.1) is 98.6 Å². The summed E-state index contributed by atoms with van der Waals surface area (Å²) in [7, 11) is -26.5. The standard InChI is InChI=1S/4C26H56P.4BF4/c4*1-5-9-13-14-15-16-17-18-19-20-21-22-26-27(23-10-6-2,24-11-7-3)25-12-8-4;4*2-1(3,4)5/h4*5-26H2,1-4H3;;;;/q4*+1;4*-1. The predicted molar refractivity (Wildman–Crippen MR) is 570 cm³/mol. The van der Waals surface area contributed by atoms with Gasteiger partial charge in [-0.25, -0.2) is 0 Å². The number of hydrogen-bond donors (Lipinski definition) is 0. The van der Waals surface area contributed by atoms with Crippen molar-refractivity contribution in [1.82, 2.24) is 0 Å². The second kappa shape index (κ2) is 110. The summed E-state index contributed by atoms with van der Waals surface area (Å²) in [5.74, 6) is 0. The fourth-order valence-electron chi connectivity index (χ4n) is 17.8. The Kier molecular flexibility index (Phi) is 124. The zero-order valence-electron chi connectivity index (χ0n) is 88.4. The lowest BCUT2D eigenvalue weighted by molar-refractivity contribution is 0.366. The molecule has 0 rings (SSSR count). The maximum atomic E-state index is 9.75. The van der Waals surface area contributed by atoms with Crippen molar-refractivity contribution >= 4 is 58.1 Å². The molecule has 0 heterocycles. The van der Waals surface area contributed by atoms with Gasteiger partial charge in [-0.3, -0.25) is 0 Å². The molecule has 0 spiro atoms. The lowest BCUT2D eigenvalue weighted by Gasteiger charge is -2.28. The van der Waals surface area contributed by atoms with Crippen LogP contribution >= 0.6 is 29.0 Å². The van der Waals surface area contributed by atoms with E-state index in [2.05, 4.69) is 111 Å². The highest BCUT2D eigenvalue weighted by Gasteiger charge is 2.38. The van der Waals surface area contributed by atoms with E-state index < -0.39 is 58.1 Å². The molecule has 0 aliphatic carbocycles. The lowest BCUT2D eigenvalue weighted by Crippen LogP contribution is -2.13. The third kappa shape index (κ3) is 138. The minimum Gasteiger partial charge on any atom is -0.418 e. The summed E-state index contributed by atoms with van der Waals surface area (Å²) in [6.45, 7) is 37.9. The third-order valence-corrected chi connectivity index (χ3v) is 46.0. The molecule has 0 saturated carbocycles. The Hall–Kier alpha value is 0.860. The SMILES string of the molecule is CCCCCCCCCCCCCC[P+](CCCC)(CCCC)CCCC.CCCCCCCCCCCCCC[P+](CCCC)(CCCC)CCCC.CCCCCCCCCCCCCC[P+](CCCC)(CCCC)CCCC.CCCCCCCCCCCCCC[P+](CCCC)(CCCC)CCCC.F[B-](F)(F)F.F[B-](F)(F)F.F[B-](F)(F)F.F[B-](F)(F)F. The molecular weight excluding hydrogens is 1720 g/mol. The molecule has 0 aliphatic heterocycles. The summed E-state index contributed by atoms with van der Waals surface area (Å²) in [5, 5.41) is 0. The highest BCUT2D eigenvalue weighted by Crippen LogP contribution is 2.64. The molecule has 0 atom stereocenters. The Morgan fingerprint density at radius 2 is 0.148 bits per heavy atom. The molecule has 128 heavy (non-hydrogen) atoms. The fourth-order valence-corrected chi connectivity index (χ4v) is 38.5. The minimum absolute atomic E-state index is 0.626. The van der Waals surface area contributed by atoms with E-state index in [4.69, 9.17) is 0 Å². The van der Waals surface area contributed by atoms with Crippen molar-refractivity contribution in [3.8, 4) is 0 Å². The molecule has 784 valence electrons. The molecule has 0 aromatic carbocycles. The van der Waals surface area contributed by atoms with Crippen LogP contribution in [0.4, 0.5) is 69.1 Å². The largest absolute Gasteiger partial charge is 0.673 e. The molecule has 0 saturated heterocycles. The molecule has 0 bridgehead atoms. The van der Waals surface area contributed by atoms with Crippen LogP contribution in [0.1, 0.15) is 573 Å². The van der Waals surface area contributed by atoms with Gasteiger partial charge in [-0.1, -0.05) is 445 Å². The second-order valence-corrected chi connectivity index (χ2v) is 56.6. The van der Waals surface area contributed by atoms with Gasteiger partial charge in [0.15, 0.2) is 0 Å². The van der Waals surface area contributed by atoms with E-state index in [-0.39, 0.29) is 0 Å². The fraction of sp³-hybridized carbons (Fsp3) is 1.00. The topological polar surface area (TPSA) is 0 Å². The van der Waals surface area contributed by atoms with E-state index in [0.717, 1.165) is 0 Å². The van der Waals surface area contributed by atoms with E-state index in [1.165, 1.54) is 437 Å². The van der Waals surface area contributed by atoms with E-state index in [0.29, 0.717) is 0 Å². The Labute approximate surface area is 794 Å². The van der Waals surface area contributed by atoms with Gasteiger partial charge in [-0.15, -0.1) is 0 Å². The van der Waals surface area contributed by atoms with Gasteiger partial charge < -0.3 is 69.1 Å². The molecule has 0 amide bonds. The Bertz CT molecular complexity index is 1620. The highest BCUT2D eigenvalue weighted by molar-refractivity contribution is 7.77. The van der Waals surface area contributed by atoms with Gasteiger partial charge in [0.1, 0.15) is 0 Å². The molecule has 0 nitrogen and oxygen atoms in total. The quantitative estimate of drug-likeness (QED) is 0.0246. The van der Waals surface area contributed by atoms with Gasteiger partial charge in [0, 0.05) is 29.0 Å². The average molecular weight is 1950 g/mol. The maximum absolute atomic E-state index is 9.75. The average Bonchev–Trinajstić information content (AvgIpc) is 0.890. The summed E-state index contributed by atoms with van der Waals surface area (Å²) >= 11 is 0. The monoisotopic (exact) mass is 1950 g/mol. The number of hydrogen-bond acceptors (Lipinski definition) is 0. The molecule has 0 unspecified atom stereocenters. The van der Waals surface area contributed by atoms with Crippen molar-refractivity contribution in [3.05, 3.63) is 0 Å². The minimum atomic E-state index is -6.00. The molecule has 0 N–H and O–H groups in total. The van der Waals surface area contributed by atoms with E-state index in [1.807, 2.05) is 0 Å². The first-order valence-electron chi connectivity index (χ1n) is 55.9. The van der Waals surface area contributed by atoms with E-state index in [1.54, 1.807) is 124 Å². The molecule has 0 fully saturated rings. The van der Waals surface area contributed by atoms with Gasteiger partial charge >= 0.3 is 29.0 Å². The first-order chi connectivity index (χ1) is 61.0. The van der Waals surface area contributed by atoms with Crippen molar-refractivity contribution in [2.75, 3.05) is 98.6 Å². The second-order valence-electron chi connectivity index (χ2n) is 38.7. The van der Waals surface area contributed by atoms with Crippen LogP contribution in [-0.2, 0) is 0 Å². The van der Waals surface area contributed by atoms with Crippen LogP contribution in [0, 0.1) is 0 Å². The number of unbranched alkanes of at least 4 members (excludes halogenated alkanes) is 56. The molecule has 0 aromatic heterocycles. The van der Waals surface area contributed by atoms with Crippen LogP contribution in [0.15, 0.2) is 0 Å². The van der Waals surface area contributed by atoms with Crippen LogP contribution in [-0.4, -0.2) is 128 Å². The van der Waals surface area contributed by atoms with Crippen LogP contribution in [0.25, 0.3) is 0 Å². The summed E-state index contributed by atoms with van der Waals surface area (Å²) in [5.41, 5.74) is 0. The molecular formula is C104H224B4F16P4. The zero-order chi connectivity index (χ0) is 98.2. The first kappa shape index (κ1) is 144. The molecule has 0 radical (unpaired) electrons. The normalized spacial score (nSPS) is 12.0. The smallest absolute Gasteiger partial charge is 0.418 e. The highest BCUT2D eigenvalue weighted by atomic mass is 31.2. The first-order valence-corrected chi connectivity index (χ1v) is 66.0. The Morgan fingerprint density at radius 3 is 0.219 bits per heavy atom. The molecule has 0 aromatic rings. The van der Waals surface area contributed by atoms with Gasteiger partial charge in [0.25, 0.3) is 0 Å². The maximum Gasteiger partial charge on any atom is 0.673 e. The number of halogens is 16. The van der Waals surface area contributed by atoms with E-state index in [9.17, 15) is 69.1 Å². The number of rotatable bonds is 88. The van der Waals surface area contributed by atoms with Crippen LogP contribution < -0.4 is 0 Å².